The van der Waals surface area contributed by atoms with E-state index in [-0.39, 0.29) is 18.0 Å². The molecule has 86 valence electrons. The molecule has 1 amide bonds. The lowest BCUT2D eigenvalue weighted by molar-refractivity contribution is -0.121. The number of carbonyl (C=O) groups is 1. The molecule has 0 fully saturated rings. The van der Waals surface area contributed by atoms with Crippen LogP contribution in [0.25, 0.3) is 0 Å². The fourth-order valence-electron chi connectivity index (χ4n) is 1.01. The van der Waals surface area contributed by atoms with Crippen molar-refractivity contribution in [2.75, 3.05) is 6.54 Å². The summed E-state index contributed by atoms with van der Waals surface area (Å²) in [6, 6.07) is 0.190. The van der Waals surface area contributed by atoms with E-state index in [4.69, 9.17) is 6.42 Å². The Morgan fingerprint density at radius 2 is 2.00 bits per heavy atom. The van der Waals surface area contributed by atoms with E-state index in [9.17, 15) is 4.79 Å². The van der Waals surface area contributed by atoms with Gasteiger partial charge in [0.2, 0.25) is 5.91 Å². The van der Waals surface area contributed by atoms with Crippen LogP contribution in [-0.4, -0.2) is 24.5 Å². The Morgan fingerprint density at radius 3 is 2.40 bits per heavy atom. The molecule has 0 rings (SSSR count). The van der Waals surface area contributed by atoms with Crippen molar-refractivity contribution >= 4 is 5.91 Å². The zero-order chi connectivity index (χ0) is 11.8. The van der Waals surface area contributed by atoms with E-state index in [1.54, 1.807) is 0 Å². The lowest BCUT2D eigenvalue weighted by atomic mass is 10.1. The normalized spacial score (nSPS) is 14.4. The predicted molar refractivity (Wildman–Crippen MR) is 63.4 cm³/mol. The van der Waals surface area contributed by atoms with Crippen molar-refractivity contribution in [2.45, 2.75) is 46.2 Å². The zero-order valence-corrected chi connectivity index (χ0v) is 10.1. The molecule has 15 heavy (non-hydrogen) atoms. The van der Waals surface area contributed by atoms with Crippen LogP contribution in [0.2, 0.25) is 0 Å². The van der Waals surface area contributed by atoms with E-state index in [0.717, 1.165) is 6.42 Å². The number of terminal acetylenes is 1. The van der Waals surface area contributed by atoms with Gasteiger partial charge in [-0.2, -0.15) is 0 Å². The highest BCUT2D eigenvalue weighted by Crippen LogP contribution is 1.98. The first-order valence-corrected chi connectivity index (χ1v) is 5.50. The van der Waals surface area contributed by atoms with Crippen LogP contribution in [0.1, 0.15) is 34.1 Å². The highest BCUT2D eigenvalue weighted by molar-refractivity contribution is 5.78. The molecule has 0 aliphatic carbocycles. The molecular formula is C12H22N2O. The smallest absolute Gasteiger partial charge is 0.234 e. The van der Waals surface area contributed by atoms with Crippen molar-refractivity contribution in [1.29, 1.82) is 0 Å². The molecule has 0 spiro atoms. The Labute approximate surface area is 93.0 Å². The Kier molecular flexibility index (Phi) is 6.81. The molecule has 2 unspecified atom stereocenters. The molecule has 2 N–H and O–H groups in total. The third kappa shape index (κ3) is 6.14. The first kappa shape index (κ1) is 14.0. The molecule has 3 heteroatoms. The van der Waals surface area contributed by atoms with Gasteiger partial charge in [0.25, 0.3) is 0 Å². The molecular weight excluding hydrogens is 188 g/mol. The molecule has 0 radical (unpaired) electrons. The van der Waals surface area contributed by atoms with Gasteiger partial charge >= 0.3 is 0 Å². The van der Waals surface area contributed by atoms with Crippen molar-refractivity contribution in [3.05, 3.63) is 0 Å². The van der Waals surface area contributed by atoms with Gasteiger partial charge in [0, 0.05) is 6.04 Å². The fourth-order valence-corrected chi connectivity index (χ4v) is 1.01. The summed E-state index contributed by atoms with van der Waals surface area (Å²) in [6.07, 6.45) is 6.11. The molecule has 0 aromatic heterocycles. The molecule has 2 atom stereocenters. The Balaban J connectivity index is 3.81. The second-order valence-electron chi connectivity index (χ2n) is 4.11. The van der Waals surface area contributed by atoms with E-state index in [1.807, 2.05) is 13.8 Å². The van der Waals surface area contributed by atoms with Crippen molar-refractivity contribution < 1.29 is 4.79 Å². The molecule has 3 nitrogen and oxygen atoms in total. The maximum Gasteiger partial charge on any atom is 0.234 e. The predicted octanol–water partition coefficient (Wildman–Crippen LogP) is 1.15. The summed E-state index contributed by atoms with van der Waals surface area (Å²) in [5, 5.41) is 5.93. The molecule has 0 aromatic rings. The second kappa shape index (κ2) is 7.30. The molecule has 0 bridgehead atoms. The molecule has 0 saturated heterocycles. The first-order valence-electron chi connectivity index (χ1n) is 5.50. The largest absolute Gasteiger partial charge is 0.352 e. The standard InChI is InChI=1S/C12H22N2O/c1-6-11(7-2)13-8-12(15)14-10(5)9(3)4/h1,9-11,13H,7-8H2,2-5H3,(H,14,15). The van der Waals surface area contributed by atoms with Crippen LogP contribution in [0, 0.1) is 18.3 Å². The third-order valence-corrected chi connectivity index (χ3v) is 2.51. The van der Waals surface area contributed by atoms with Gasteiger partial charge in [-0.3, -0.25) is 10.1 Å². The van der Waals surface area contributed by atoms with Crippen molar-refractivity contribution in [3.63, 3.8) is 0 Å². The molecule has 0 aliphatic rings. The quantitative estimate of drug-likeness (QED) is 0.646. The van der Waals surface area contributed by atoms with Gasteiger partial charge in [-0.25, -0.2) is 0 Å². The van der Waals surface area contributed by atoms with Crippen molar-refractivity contribution in [2.24, 2.45) is 5.92 Å². The number of carbonyl (C=O) groups excluding carboxylic acids is 1. The topological polar surface area (TPSA) is 41.1 Å². The van der Waals surface area contributed by atoms with E-state index in [0.29, 0.717) is 12.5 Å². The molecule has 0 saturated carbocycles. The van der Waals surface area contributed by atoms with Gasteiger partial charge in [0.15, 0.2) is 0 Å². The summed E-state index contributed by atoms with van der Waals surface area (Å²) >= 11 is 0. The van der Waals surface area contributed by atoms with Gasteiger partial charge in [0.05, 0.1) is 12.6 Å². The zero-order valence-electron chi connectivity index (χ0n) is 10.1. The minimum Gasteiger partial charge on any atom is -0.352 e. The Hall–Kier alpha value is -1.01. The highest BCUT2D eigenvalue weighted by atomic mass is 16.1. The average Bonchev–Trinajstić information content (AvgIpc) is 2.19. The summed E-state index contributed by atoms with van der Waals surface area (Å²) in [6.45, 7) is 8.44. The Bertz CT molecular complexity index is 230. The van der Waals surface area contributed by atoms with Gasteiger partial charge in [-0.15, -0.1) is 6.42 Å². The van der Waals surface area contributed by atoms with Gasteiger partial charge < -0.3 is 5.32 Å². The number of nitrogens with one attached hydrogen (secondary N) is 2. The average molecular weight is 210 g/mol. The second-order valence-corrected chi connectivity index (χ2v) is 4.11. The van der Waals surface area contributed by atoms with Crippen LogP contribution in [0.15, 0.2) is 0 Å². The summed E-state index contributed by atoms with van der Waals surface area (Å²) in [5.41, 5.74) is 0. The molecule has 0 heterocycles. The van der Waals surface area contributed by atoms with Crippen LogP contribution >= 0.6 is 0 Å². The van der Waals surface area contributed by atoms with E-state index >= 15 is 0 Å². The van der Waals surface area contributed by atoms with Crippen LogP contribution in [0.3, 0.4) is 0 Å². The maximum atomic E-state index is 11.5. The third-order valence-electron chi connectivity index (χ3n) is 2.51. The number of hydrogen-bond donors (Lipinski definition) is 2. The van der Waals surface area contributed by atoms with Gasteiger partial charge in [-0.1, -0.05) is 26.7 Å². The molecule has 0 aliphatic heterocycles. The van der Waals surface area contributed by atoms with Crippen molar-refractivity contribution in [1.82, 2.24) is 10.6 Å². The SMILES string of the molecule is C#CC(CC)NCC(=O)NC(C)C(C)C. The number of rotatable bonds is 6. The summed E-state index contributed by atoms with van der Waals surface area (Å²) in [5.74, 6) is 3.04. The minimum absolute atomic E-state index is 0.00454. The van der Waals surface area contributed by atoms with Crippen LogP contribution < -0.4 is 10.6 Å². The van der Waals surface area contributed by atoms with E-state index < -0.39 is 0 Å². The summed E-state index contributed by atoms with van der Waals surface area (Å²) in [4.78, 5) is 11.5. The van der Waals surface area contributed by atoms with Crippen LogP contribution in [0.4, 0.5) is 0 Å². The first-order chi connectivity index (χ1) is 7.01. The van der Waals surface area contributed by atoms with Gasteiger partial charge in [-0.05, 0) is 19.3 Å². The maximum absolute atomic E-state index is 11.5. The minimum atomic E-state index is -0.00916. The number of amides is 1. The highest BCUT2D eigenvalue weighted by Gasteiger charge is 2.11. The van der Waals surface area contributed by atoms with Gasteiger partial charge in [0.1, 0.15) is 0 Å². The van der Waals surface area contributed by atoms with Crippen LogP contribution in [0.5, 0.6) is 0 Å². The summed E-state index contributed by atoms with van der Waals surface area (Å²) in [7, 11) is 0. The Morgan fingerprint density at radius 1 is 1.40 bits per heavy atom. The number of hydrogen-bond acceptors (Lipinski definition) is 2. The van der Waals surface area contributed by atoms with Crippen molar-refractivity contribution in [3.8, 4) is 12.3 Å². The monoisotopic (exact) mass is 210 g/mol. The van der Waals surface area contributed by atoms with Crippen LogP contribution in [-0.2, 0) is 4.79 Å². The molecule has 0 aromatic carbocycles. The fraction of sp³-hybridized carbons (Fsp3) is 0.750. The lowest BCUT2D eigenvalue weighted by Crippen LogP contribution is -2.43. The lowest BCUT2D eigenvalue weighted by Gasteiger charge is -2.18. The summed E-state index contributed by atoms with van der Waals surface area (Å²) < 4.78 is 0. The van der Waals surface area contributed by atoms with E-state index in [2.05, 4.69) is 30.4 Å². The van der Waals surface area contributed by atoms with E-state index in [1.165, 1.54) is 0 Å².